The van der Waals surface area contributed by atoms with Crippen LogP contribution in [-0.4, -0.2) is 34.7 Å². The van der Waals surface area contributed by atoms with Crippen LogP contribution in [0.2, 0.25) is 0 Å². The Balaban J connectivity index is 2.33. The van der Waals surface area contributed by atoms with Crippen LogP contribution in [0.5, 0.6) is 0 Å². The first-order valence-electron chi connectivity index (χ1n) is 6.01. The molecule has 20 heavy (non-hydrogen) atoms. The lowest BCUT2D eigenvalue weighted by Gasteiger charge is -2.16. The van der Waals surface area contributed by atoms with Gasteiger partial charge in [0.15, 0.2) is 6.10 Å². The first kappa shape index (κ1) is 17.0. The van der Waals surface area contributed by atoms with Crippen LogP contribution < -0.4 is 5.32 Å². The second kappa shape index (κ2) is 7.64. The summed E-state index contributed by atoms with van der Waals surface area (Å²) in [6.45, 7) is -0.838. The number of aryl methyl sites for hydroxylation is 1. The SMILES string of the molecule is O=C(NC[C@@H](O)C(F)(F)F)C(Br)CCc1ccccc1. The van der Waals surface area contributed by atoms with Crippen molar-refractivity contribution in [2.45, 2.75) is 29.9 Å². The van der Waals surface area contributed by atoms with E-state index in [0.717, 1.165) is 5.56 Å². The highest BCUT2D eigenvalue weighted by Crippen LogP contribution is 2.19. The summed E-state index contributed by atoms with van der Waals surface area (Å²) in [5, 5.41) is 10.8. The highest BCUT2D eigenvalue weighted by atomic mass is 79.9. The maximum atomic E-state index is 12.1. The van der Waals surface area contributed by atoms with Crippen LogP contribution in [-0.2, 0) is 11.2 Å². The number of aliphatic hydroxyl groups is 1. The molecule has 0 bridgehead atoms. The third-order valence-corrected chi connectivity index (χ3v) is 3.53. The van der Waals surface area contributed by atoms with E-state index in [9.17, 15) is 18.0 Å². The summed E-state index contributed by atoms with van der Waals surface area (Å²) >= 11 is 3.13. The molecule has 0 aromatic heterocycles. The molecule has 0 aliphatic carbocycles. The second-order valence-electron chi connectivity index (χ2n) is 4.29. The number of hydrogen-bond donors (Lipinski definition) is 2. The molecule has 0 saturated heterocycles. The molecular weight excluding hydrogens is 339 g/mol. The molecule has 0 radical (unpaired) electrons. The van der Waals surface area contributed by atoms with Crippen molar-refractivity contribution >= 4 is 21.8 Å². The molecule has 1 aromatic rings. The van der Waals surface area contributed by atoms with Crippen LogP contribution in [0, 0.1) is 0 Å². The first-order chi connectivity index (χ1) is 9.30. The zero-order valence-corrected chi connectivity index (χ0v) is 12.1. The van der Waals surface area contributed by atoms with E-state index >= 15 is 0 Å². The zero-order chi connectivity index (χ0) is 15.2. The lowest BCUT2D eigenvalue weighted by Crippen LogP contribution is -2.43. The van der Waals surface area contributed by atoms with Gasteiger partial charge in [-0.05, 0) is 18.4 Å². The maximum absolute atomic E-state index is 12.1. The monoisotopic (exact) mass is 353 g/mol. The maximum Gasteiger partial charge on any atom is 0.416 e. The van der Waals surface area contributed by atoms with E-state index in [1.165, 1.54) is 0 Å². The van der Waals surface area contributed by atoms with Gasteiger partial charge in [0.2, 0.25) is 5.91 Å². The molecule has 0 fully saturated rings. The van der Waals surface area contributed by atoms with Crippen LogP contribution in [0.15, 0.2) is 30.3 Å². The van der Waals surface area contributed by atoms with Crippen molar-refractivity contribution < 1.29 is 23.1 Å². The molecule has 0 saturated carbocycles. The standard InChI is InChI=1S/C13H15BrF3NO2/c14-10(7-6-9-4-2-1-3-5-9)12(20)18-8-11(19)13(15,16)17/h1-5,10-11,19H,6-8H2,(H,18,20)/t10?,11-/m1/s1. The van der Waals surface area contributed by atoms with Gasteiger partial charge in [0.1, 0.15) is 0 Å². The number of hydrogen-bond acceptors (Lipinski definition) is 2. The summed E-state index contributed by atoms with van der Waals surface area (Å²) in [4.78, 5) is 11.0. The molecule has 7 heteroatoms. The Bertz CT molecular complexity index is 425. The fourth-order valence-corrected chi connectivity index (χ4v) is 1.88. The average molecular weight is 354 g/mol. The van der Waals surface area contributed by atoms with Crippen LogP contribution in [0.4, 0.5) is 13.2 Å². The third kappa shape index (κ3) is 5.92. The topological polar surface area (TPSA) is 49.3 Å². The predicted molar refractivity (Wildman–Crippen MR) is 72.5 cm³/mol. The quantitative estimate of drug-likeness (QED) is 0.771. The van der Waals surface area contributed by atoms with Gasteiger partial charge in [0, 0.05) is 0 Å². The van der Waals surface area contributed by atoms with Gasteiger partial charge in [-0.25, -0.2) is 0 Å². The van der Waals surface area contributed by atoms with E-state index in [1.807, 2.05) is 30.3 Å². The van der Waals surface area contributed by atoms with Gasteiger partial charge in [0.25, 0.3) is 0 Å². The Labute approximate surface area is 123 Å². The van der Waals surface area contributed by atoms with Crippen molar-refractivity contribution in [3.63, 3.8) is 0 Å². The van der Waals surface area contributed by atoms with E-state index in [0.29, 0.717) is 12.8 Å². The number of benzene rings is 1. The Morgan fingerprint density at radius 3 is 2.45 bits per heavy atom. The molecule has 2 N–H and O–H groups in total. The average Bonchev–Trinajstić information content (AvgIpc) is 2.41. The summed E-state index contributed by atoms with van der Waals surface area (Å²) < 4.78 is 36.2. The minimum Gasteiger partial charge on any atom is -0.382 e. The van der Waals surface area contributed by atoms with E-state index < -0.39 is 29.6 Å². The molecule has 0 heterocycles. The number of nitrogens with one attached hydrogen (secondary N) is 1. The molecule has 1 rings (SSSR count). The minimum atomic E-state index is -4.72. The van der Waals surface area contributed by atoms with Gasteiger partial charge in [0.05, 0.1) is 11.4 Å². The second-order valence-corrected chi connectivity index (χ2v) is 5.40. The van der Waals surface area contributed by atoms with Gasteiger partial charge in [-0.3, -0.25) is 4.79 Å². The van der Waals surface area contributed by atoms with Crippen LogP contribution in [0.3, 0.4) is 0 Å². The number of rotatable bonds is 6. The van der Waals surface area contributed by atoms with Crippen molar-refractivity contribution in [2.24, 2.45) is 0 Å². The highest BCUT2D eigenvalue weighted by molar-refractivity contribution is 9.10. The molecule has 1 amide bonds. The number of alkyl halides is 4. The summed E-state index contributed by atoms with van der Waals surface area (Å²) in [6, 6.07) is 9.44. The van der Waals surface area contributed by atoms with E-state index in [2.05, 4.69) is 21.2 Å². The molecule has 0 spiro atoms. The van der Waals surface area contributed by atoms with E-state index in [1.54, 1.807) is 0 Å². The molecule has 2 atom stereocenters. The minimum absolute atomic E-state index is 0.456. The summed E-state index contributed by atoms with van der Waals surface area (Å²) in [5.41, 5.74) is 1.04. The normalized spacial score (nSPS) is 14.7. The fraction of sp³-hybridized carbons (Fsp3) is 0.462. The fourth-order valence-electron chi connectivity index (χ4n) is 1.49. The molecular formula is C13H15BrF3NO2. The molecule has 1 unspecified atom stereocenters. The van der Waals surface area contributed by atoms with E-state index in [4.69, 9.17) is 5.11 Å². The van der Waals surface area contributed by atoms with Gasteiger partial charge in [-0.15, -0.1) is 0 Å². The van der Waals surface area contributed by atoms with Crippen molar-refractivity contribution in [2.75, 3.05) is 6.54 Å². The van der Waals surface area contributed by atoms with Gasteiger partial charge in [-0.2, -0.15) is 13.2 Å². The largest absolute Gasteiger partial charge is 0.416 e. The number of amides is 1. The molecule has 0 aliphatic rings. The molecule has 3 nitrogen and oxygen atoms in total. The summed E-state index contributed by atoms with van der Waals surface area (Å²) in [5.74, 6) is -0.566. The molecule has 1 aromatic carbocycles. The first-order valence-corrected chi connectivity index (χ1v) is 6.92. The van der Waals surface area contributed by atoms with Crippen LogP contribution in [0.1, 0.15) is 12.0 Å². The summed E-state index contributed by atoms with van der Waals surface area (Å²) in [6.07, 6.45) is -6.18. The van der Waals surface area contributed by atoms with Crippen molar-refractivity contribution in [3.8, 4) is 0 Å². The molecule has 112 valence electrons. The molecule has 0 aliphatic heterocycles. The number of halogens is 4. The van der Waals surface area contributed by atoms with Gasteiger partial charge < -0.3 is 10.4 Å². The number of carbonyl (C=O) groups is 1. The van der Waals surface area contributed by atoms with Crippen LogP contribution in [0.25, 0.3) is 0 Å². The number of carbonyl (C=O) groups excluding carboxylic acids is 1. The number of aliphatic hydroxyl groups excluding tert-OH is 1. The van der Waals surface area contributed by atoms with Gasteiger partial charge >= 0.3 is 6.18 Å². The Morgan fingerprint density at radius 1 is 1.30 bits per heavy atom. The smallest absolute Gasteiger partial charge is 0.382 e. The predicted octanol–water partition coefficient (Wildman–Crippen LogP) is 2.42. The van der Waals surface area contributed by atoms with Crippen molar-refractivity contribution in [1.82, 2.24) is 5.32 Å². The van der Waals surface area contributed by atoms with Crippen molar-refractivity contribution in [3.05, 3.63) is 35.9 Å². The zero-order valence-electron chi connectivity index (χ0n) is 10.5. The Kier molecular flexibility index (Phi) is 6.48. The third-order valence-electron chi connectivity index (χ3n) is 2.66. The summed E-state index contributed by atoms with van der Waals surface area (Å²) in [7, 11) is 0. The van der Waals surface area contributed by atoms with E-state index in [-0.39, 0.29) is 0 Å². The Morgan fingerprint density at radius 2 is 1.90 bits per heavy atom. The highest BCUT2D eigenvalue weighted by Gasteiger charge is 2.38. The Hall–Kier alpha value is -1.08. The lowest BCUT2D eigenvalue weighted by molar-refractivity contribution is -0.201. The van der Waals surface area contributed by atoms with Crippen LogP contribution >= 0.6 is 15.9 Å². The van der Waals surface area contributed by atoms with Crippen molar-refractivity contribution in [1.29, 1.82) is 0 Å². The lowest BCUT2D eigenvalue weighted by atomic mass is 10.1. The van der Waals surface area contributed by atoms with Gasteiger partial charge in [-0.1, -0.05) is 46.3 Å².